The van der Waals surface area contributed by atoms with Crippen molar-refractivity contribution in [3.8, 4) is 12.1 Å². The van der Waals surface area contributed by atoms with Gasteiger partial charge < -0.3 is 5.32 Å². The van der Waals surface area contributed by atoms with Gasteiger partial charge in [0.25, 0.3) is 0 Å². The summed E-state index contributed by atoms with van der Waals surface area (Å²) in [5.74, 6) is 0. The molecule has 0 fully saturated rings. The molecule has 86 valence electrons. The second-order valence-electron chi connectivity index (χ2n) is 3.54. The summed E-state index contributed by atoms with van der Waals surface area (Å²) in [4.78, 5) is 0. The van der Waals surface area contributed by atoms with E-state index in [4.69, 9.17) is 10.5 Å². The Morgan fingerprint density at radius 1 is 1.41 bits per heavy atom. The number of halogens is 1. The maximum absolute atomic E-state index is 8.66. The van der Waals surface area contributed by atoms with Crippen molar-refractivity contribution in [1.29, 1.82) is 10.5 Å². The van der Waals surface area contributed by atoms with Crippen LogP contribution in [0.15, 0.2) is 28.4 Å². The average Bonchev–Trinajstić information content (AvgIpc) is 2.31. The summed E-state index contributed by atoms with van der Waals surface area (Å²) in [6, 6.07) is 7.66. The number of benzene rings is 1. The van der Waals surface area contributed by atoms with Crippen LogP contribution in [0.4, 0.5) is 5.69 Å². The third-order valence-electron chi connectivity index (χ3n) is 2.36. The van der Waals surface area contributed by atoms with Gasteiger partial charge in [0.1, 0.15) is 17.7 Å². The maximum atomic E-state index is 8.66. The Kier molecular flexibility index (Phi) is 4.75. The zero-order valence-electron chi connectivity index (χ0n) is 9.71. The monoisotopic (exact) mass is 289 g/mol. The Balaban J connectivity index is 3.12. The highest BCUT2D eigenvalue weighted by Crippen LogP contribution is 2.26. The Morgan fingerprint density at radius 2 is 2.06 bits per heavy atom. The van der Waals surface area contributed by atoms with Gasteiger partial charge in [-0.3, -0.25) is 0 Å². The summed E-state index contributed by atoms with van der Waals surface area (Å²) in [6.07, 6.45) is 2.32. The summed E-state index contributed by atoms with van der Waals surface area (Å²) in [5.41, 5.74) is 3.24. The molecule has 0 saturated heterocycles. The van der Waals surface area contributed by atoms with Crippen molar-refractivity contribution in [3.63, 3.8) is 0 Å². The topological polar surface area (TPSA) is 59.6 Å². The average molecular weight is 290 g/mol. The third-order valence-corrected chi connectivity index (χ3v) is 2.82. The summed E-state index contributed by atoms with van der Waals surface area (Å²) in [6.45, 7) is 4.05. The highest BCUT2D eigenvalue weighted by molar-refractivity contribution is 9.10. The summed E-state index contributed by atoms with van der Waals surface area (Å²) in [5, 5.41) is 20.3. The number of nitrogens with zero attached hydrogens (tertiary/aromatic N) is 2. The number of hydrogen-bond acceptors (Lipinski definition) is 3. The Bertz CT molecular complexity index is 517. The Hall–Kier alpha value is -1.78. The van der Waals surface area contributed by atoms with E-state index >= 15 is 0 Å². The number of rotatable bonds is 3. The Labute approximate surface area is 109 Å². The van der Waals surface area contributed by atoms with Gasteiger partial charge in [0.2, 0.25) is 0 Å². The van der Waals surface area contributed by atoms with E-state index in [0.717, 1.165) is 27.7 Å². The molecule has 1 N–H and O–H groups in total. The first-order valence-corrected chi connectivity index (χ1v) is 5.97. The van der Waals surface area contributed by atoms with E-state index in [9.17, 15) is 0 Å². The van der Waals surface area contributed by atoms with Gasteiger partial charge in [0.15, 0.2) is 0 Å². The van der Waals surface area contributed by atoms with Crippen LogP contribution in [0.1, 0.15) is 18.1 Å². The first-order valence-electron chi connectivity index (χ1n) is 5.18. The SMILES string of the molecule is CCc1cc(Br)cc(C)c1NC=C(C#N)C#N. The summed E-state index contributed by atoms with van der Waals surface area (Å²) in [7, 11) is 0. The molecule has 0 aliphatic carbocycles. The number of nitrogens with one attached hydrogen (secondary N) is 1. The zero-order chi connectivity index (χ0) is 12.8. The maximum Gasteiger partial charge on any atom is 0.145 e. The minimum atomic E-state index is 0.0642. The predicted molar refractivity (Wildman–Crippen MR) is 71.2 cm³/mol. The van der Waals surface area contributed by atoms with Crippen LogP contribution in [-0.4, -0.2) is 0 Å². The summed E-state index contributed by atoms with van der Waals surface area (Å²) < 4.78 is 1.03. The lowest BCUT2D eigenvalue weighted by atomic mass is 10.1. The molecule has 4 heteroatoms. The Morgan fingerprint density at radius 3 is 2.59 bits per heavy atom. The molecule has 1 aromatic rings. The number of aryl methyl sites for hydroxylation is 2. The van der Waals surface area contributed by atoms with E-state index in [1.54, 1.807) is 0 Å². The van der Waals surface area contributed by atoms with Gasteiger partial charge >= 0.3 is 0 Å². The fraction of sp³-hybridized carbons (Fsp3) is 0.231. The van der Waals surface area contributed by atoms with Crippen LogP contribution in [-0.2, 0) is 6.42 Å². The third kappa shape index (κ3) is 3.34. The lowest BCUT2D eigenvalue weighted by Crippen LogP contribution is -1.98. The highest BCUT2D eigenvalue weighted by Gasteiger charge is 2.05. The lowest BCUT2D eigenvalue weighted by molar-refractivity contribution is 1.13. The van der Waals surface area contributed by atoms with E-state index in [-0.39, 0.29) is 5.57 Å². The molecule has 0 spiro atoms. The van der Waals surface area contributed by atoms with Crippen molar-refractivity contribution in [2.45, 2.75) is 20.3 Å². The van der Waals surface area contributed by atoms with Crippen LogP contribution in [0.3, 0.4) is 0 Å². The van der Waals surface area contributed by atoms with Crippen molar-refractivity contribution in [2.24, 2.45) is 0 Å². The molecular formula is C13H12BrN3. The minimum absolute atomic E-state index is 0.0642. The van der Waals surface area contributed by atoms with Gasteiger partial charge in [0.05, 0.1) is 0 Å². The number of anilines is 1. The molecule has 0 amide bonds. The van der Waals surface area contributed by atoms with E-state index < -0.39 is 0 Å². The number of hydrogen-bond donors (Lipinski definition) is 1. The van der Waals surface area contributed by atoms with Gasteiger partial charge in [0, 0.05) is 16.4 Å². The zero-order valence-corrected chi connectivity index (χ0v) is 11.3. The van der Waals surface area contributed by atoms with E-state index in [2.05, 4.69) is 28.2 Å². The molecule has 0 aliphatic rings. The van der Waals surface area contributed by atoms with Gasteiger partial charge in [-0.25, -0.2) is 0 Å². The molecule has 1 rings (SSSR count). The molecular weight excluding hydrogens is 278 g/mol. The molecule has 0 radical (unpaired) electrons. The minimum Gasteiger partial charge on any atom is -0.359 e. The van der Waals surface area contributed by atoms with Crippen LogP contribution >= 0.6 is 15.9 Å². The standard InChI is InChI=1S/C13H12BrN3/c1-3-11-5-12(14)4-9(2)13(11)17-8-10(6-15)7-16/h4-5,8,17H,3H2,1-2H3. The summed E-state index contributed by atoms with van der Waals surface area (Å²) >= 11 is 3.45. The molecule has 0 unspecified atom stereocenters. The fourth-order valence-corrected chi connectivity index (χ4v) is 2.15. The van der Waals surface area contributed by atoms with E-state index in [0.29, 0.717) is 0 Å². The molecule has 0 aromatic heterocycles. The second-order valence-corrected chi connectivity index (χ2v) is 4.45. The molecule has 1 aromatic carbocycles. The van der Waals surface area contributed by atoms with E-state index in [1.165, 1.54) is 6.20 Å². The van der Waals surface area contributed by atoms with Gasteiger partial charge in [-0.1, -0.05) is 22.9 Å². The van der Waals surface area contributed by atoms with Crippen LogP contribution in [0.2, 0.25) is 0 Å². The normalized spacial score (nSPS) is 9.00. The first kappa shape index (κ1) is 13.3. The largest absolute Gasteiger partial charge is 0.359 e. The van der Waals surface area contributed by atoms with Crippen molar-refractivity contribution >= 4 is 21.6 Å². The van der Waals surface area contributed by atoms with E-state index in [1.807, 2.05) is 31.2 Å². The second kappa shape index (κ2) is 6.08. The highest BCUT2D eigenvalue weighted by atomic mass is 79.9. The lowest BCUT2D eigenvalue weighted by Gasteiger charge is -2.12. The fourth-order valence-electron chi connectivity index (χ4n) is 1.53. The van der Waals surface area contributed by atoms with Crippen LogP contribution < -0.4 is 5.32 Å². The molecule has 3 nitrogen and oxygen atoms in total. The van der Waals surface area contributed by atoms with Crippen molar-refractivity contribution in [2.75, 3.05) is 5.32 Å². The number of allylic oxidation sites excluding steroid dienone is 1. The van der Waals surface area contributed by atoms with Crippen LogP contribution in [0.5, 0.6) is 0 Å². The smallest absolute Gasteiger partial charge is 0.145 e. The van der Waals surface area contributed by atoms with Gasteiger partial charge in [-0.15, -0.1) is 0 Å². The van der Waals surface area contributed by atoms with Crippen LogP contribution in [0, 0.1) is 29.6 Å². The molecule has 0 heterocycles. The van der Waals surface area contributed by atoms with Gasteiger partial charge in [-0.2, -0.15) is 10.5 Å². The van der Waals surface area contributed by atoms with Crippen molar-refractivity contribution < 1.29 is 0 Å². The molecule has 0 atom stereocenters. The number of nitriles is 2. The molecule has 0 saturated carbocycles. The molecule has 0 aliphatic heterocycles. The first-order chi connectivity index (χ1) is 8.12. The van der Waals surface area contributed by atoms with Crippen molar-refractivity contribution in [3.05, 3.63) is 39.5 Å². The van der Waals surface area contributed by atoms with Crippen molar-refractivity contribution in [1.82, 2.24) is 0 Å². The van der Waals surface area contributed by atoms with Crippen LogP contribution in [0.25, 0.3) is 0 Å². The molecule has 0 bridgehead atoms. The predicted octanol–water partition coefficient (Wildman–Crippen LogP) is 3.66. The quantitative estimate of drug-likeness (QED) is 0.864. The molecule has 17 heavy (non-hydrogen) atoms. The van der Waals surface area contributed by atoms with Gasteiger partial charge in [-0.05, 0) is 36.6 Å².